The Bertz CT molecular complexity index is 763. The van der Waals surface area contributed by atoms with E-state index in [9.17, 15) is 9.59 Å². The zero-order valence-corrected chi connectivity index (χ0v) is 16.0. The van der Waals surface area contributed by atoms with Gasteiger partial charge in [0.15, 0.2) is 12.4 Å². The molecule has 1 heterocycles. The first-order valence-corrected chi connectivity index (χ1v) is 8.78. The second-order valence-corrected chi connectivity index (χ2v) is 6.66. The molecule has 0 spiro atoms. The summed E-state index contributed by atoms with van der Waals surface area (Å²) in [6.45, 7) is 7.73. The molecule has 0 radical (unpaired) electrons. The lowest BCUT2D eigenvalue weighted by Crippen LogP contribution is -2.31. The SMILES string of the molecule is CCc1ccc(CN(C)C(=O)COC(=O)c2c(C)noc2C(C)C)cc1. The third-order valence-electron chi connectivity index (χ3n) is 4.22. The van der Waals surface area contributed by atoms with Gasteiger partial charge in [-0.15, -0.1) is 0 Å². The van der Waals surface area contributed by atoms with Crippen molar-refractivity contribution in [3.63, 3.8) is 0 Å². The van der Waals surface area contributed by atoms with Gasteiger partial charge in [-0.1, -0.05) is 50.2 Å². The summed E-state index contributed by atoms with van der Waals surface area (Å²) in [5.41, 5.74) is 3.06. The molecular formula is C20H26N2O4. The minimum Gasteiger partial charge on any atom is -0.452 e. The van der Waals surface area contributed by atoms with E-state index >= 15 is 0 Å². The largest absolute Gasteiger partial charge is 0.452 e. The van der Waals surface area contributed by atoms with Gasteiger partial charge in [-0.25, -0.2) is 4.79 Å². The van der Waals surface area contributed by atoms with Gasteiger partial charge < -0.3 is 14.2 Å². The number of amides is 1. The number of likely N-dealkylation sites (N-methyl/N-ethyl adjacent to an activating group) is 1. The number of benzene rings is 1. The first kappa shape index (κ1) is 19.7. The van der Waals surface area contributed by atoms with Gasteiger partial charge >= 0.3 is 5.97 Å². The van der Waals surface area contributed by atoms with E-state index in [1.807, 2.05) is 26.0 Å². The highest BCUT2D eigenvalue weighted by Gasteiger charge is 2.24. The summed E-state index contributed by atoms with van der Waals surface area (Å²) in [6, 6.07) is 8.11. The zero-order valence-electron chi connectivity index (χ0n) is 16.0. The van der Waals surface area contributed by atoms with E-state index in [0.29, 0.717) is 23.6 Å². The van der Waals surface area contributed by atoms with Crippen LogP contribution in [0.4, 0.5) is 0 Å². The number of ether oxygens (including phenoxy) is 1. The smallest absolute Gasteiger partial charge is 0.344 e. The average molecular weight is 358 g/mol. The molecule has 6 nitrogen and oxygen atoms in total. The first-order valence-electron chi connectivity index (χ1n) is 8.78. The Morgan fingerprint density at radius 3 is 2.38 bits per heavy atom. The number of carbonyl (C=O) groups excluding carboxylic acids is 2. The van der Waals surface area contributed by atoms with Crippen LogP contribution in [0.1, 0.15) is 59.6 Å². The molecule has 0 fully saturated rings. The summed E-state index contributed by atoms with van der Waals surface area (Å²) in [4.78, 5) is 26.1. The quantitative estimate of drug-likeness (QED) is 0.709. The molecule has 0 aliphatic heterocycles. The van der Waals surface area contributed by atoms with Crippen LogP contribution in [0.5, 0.6) is 0 Å². The highest BCUT2D eigenvalue weighted by Crippen LogP contribution is 2.23. The number of carbonyl (C=O) groups is 2. The van der Waals surface area contributed by atoms with E-state index in [4.69, 9.17) is 9.26 Å². The van der Waals surface area contributed by atoms with Gasteiger partial charge in [0.1, 0.15) is 5.56 Å². The van der Waals surface area contributed by atoms with Crippen LogP contribution in [-0.2, 0) is 22.5 Å². The predicted molar refractivity (Wildman–Crippen MR) is 97.9 cm³/mol. The van der Waals surface area contributed by atoms with E-state index in [1.54, 1.807) is 14.0 Å². The summed E-state index contributed by atoms with van der Waals surface area (Å²) < 4.78 is 10.4. The topological polar surface area (TPSA) is 72.6 Å². The Hall–Kier alpha value is -2.63. The van der Waals surface area contributed by atoms with E-state index < -0.39 is 5.97 Å². The van der Waals surface area contributed by atoms with Gasteiger partial charge in [0, 0.05) is 19.5 Å². The zero-order chi connectivity index (χ0) is 19.3. The molecule has 1 amide bonds. The third-order valence-corrected chi connectivity index (χ3v) is 4.22. The number of nitrogens with zero attached hydrogens (tertiary/aromatic N) is 2. The maximum atomic E-state index is 12.3. The van der Waals surface area contributed by atoms with E-state index in [0.717, 1.165) is 12.0 Å². The molecule has 0 saturated heterocycles. The summed E-state index contributed by atoms with van der Waals surface area (Å²) in [5.74, 6) is -0.368. The summed E-state index contributed by atoms with van der Waals surface area (Å²) in [6.07, 6.45) is 0.978. The predicted octanol–water partition coefficient (Wildman–Crippen LogP) is 3.48. The molecule has 6 heteroatoms. The van der Waals surface area contributed by atoms with Crippen LogP contribution in [-0.4, -0.2) is 35.6 Å². The summed E-state index contributed by atoms with van der Waals surface area (Å²) in [5, 5.41) is 3.82. The number of esters is 1. The fourth-order valence-electron chi connectivity index (χ4n) is 2.58. The summed E-state index contributed by atoms with van der Waals surface area (Å²) in [7, 11) is 1.69. The Balaban J connectivity index is 1.93. The van der Waals surface area contributed by atoms with Crippen LogP contribution in [0.3, 0.4) is 0 Å². The fraction of sp³-hybridized carbons (Fsp3) is 0.450. The van der Waals surface area contributed by atoms with E-state index in [-0.39, 0.29) is 18.4 Å². The van der Waals surface area contributed by atoms with Crippen molar-refractivity contribution in [3.05, 3.63) is 52.4 Å². The standard InChI is InChI=1S/C20H26N2O4/c1-6-15-7-9-16(10-8-15)11-22(5)17(23)12-25-20(24)18-14(4)21-26-19(18)13(2)3/h7-10,13H,6,11-12H2,1-5H3. The lowest BCUT2D eigenvalue weighted by Gasteiger charge is -2.17. The monoisotopic (exact) mass is 358 g/mol. The Morgan fingerprint density at radius 1 is 1.19 bits per heavy atom. The van der Waals surface area contributed by atoms with Gasteiger partial charge in [-0.3, -0.25) is 4.79 Å². The molecule has 140 valence electrons. The van der Waals surface area contributed by atoms with Crippen LogP contribution in [0.25, 0.3) is 0 Å². The number of aryl methyl sites for hydroxylation is 2. The lowest BCUT2D eigenvalue weighted by atomic mass is 10.1. The van der Waals surface area contributed by atoms with Gasteiger partial charge in [0.05, 0.1) is 5.69 Å². The molecule has 0 aliphatic rings. The number of hydrogen-bond donors (Lipinski definition) is 0. The number of rotatable bonds is 7. The Morgan fingerprint density at radius 2 is 1.81 bits per heavy atom. The second-order valence-electron chi connectivity index (χ2n) is 6.66. The third kappa shape index (κ3) is 4.71. The molecular weight excluding hydrogens is 332 g/mol. The molecule has 0 bridgehead atoms. The van der Waals surface area contributed by atoms with E-state index in [2.05, 4.69) is 24.2 Å². The van der Waals surface area contributed by atoms with Crippen LogP contribution in [0, 0.1) is 6.92 Å². The van der Waals surface area contributed by atoms with Crippen molar-refractivity contribution in [1.82, 2.24) is 10.1 Å². The first-order chi connectivity index (χ1) is 12.3. The Kier molecular flexibility index (Phi) is 6.55. The van der Waals surface area contributed by atoms with Gasteiger partial charge in [0.25, 0.3) is 5.91 Å². The van der Waals surface area contributed by atoms with E-state index in [1.165, 1.54) is 10.5 Å². The lowest BCUT2D eigenvalue weighted by molar-refractivity contribution is -0.133. The average Bonchev–Trinajstić information content (AvgIpc) is 3.01. The maximum absolute atomic E-state index is 12.3. The molecule has 0 atom stereocenters. The van der Waals surface area contributed by atoms with Gasteiger partial charge in [0.2, 0.25) is 0 Å². The number of aromatic nitrogens is 1. The van der Waals surface area contributed by atoms with Crippen molar-refractivity contribution in [1.29, 1.82) is 0 Å². The maximum Gasteiger partial charge on any atom is 0.344 e. The van der Waals surface area contributed by atoms with Gasteiger partial charge in [-0.2, -0.15) is 0 Å². The molecule has 2 rings (SSSR count). The molecule has 2 aromatic rings. The summed E-state index contributed by atoms with van der Waals surface area (Å²) >= 11 is 0. The van der Waals surface area contributed by atoms with Crippen LogP contribution < -0.4 is 0 Å². The molecule has 1 aromatic heterocycles. The highest BCUT2D eigenvalue weighted by molar-refractivity contribution is 5.93. The fourth-order valence-corrected chi connectivity index (χ4v) is 2.58. The molecule has 0 aliphatic carbocycles. The Labute approximate surface area is 154 Å². The molecule has 26 heavy (non-hydrogen) atoms. The van der Waals surface area contributed by atoms with Crippen molar-refractivity contribution in [3.8, 4) is 0 Å². The molecule has 1 aromatic carbocycles. The van der Waals surface area contributed by atoms with Gasteiger partial charge in [-0.05, 0) is 24.5 Å². The van der Waals surface area contributed by atoms with Crippen molar-refractivity contribution in [2.75, 3.05) is 13.7 Å². The minimum atomic E-state index is -0.582. The molecule has 0 unspecified atom stereocenters. The van der Waals surface area contributed by atoms with Crippen molar-refractivity contribution in [2.24, 2.45) is 0 Å². The normalized spacial score (nSPS) is 10.8. The van der Waals surface area contributed by atoms with Crippen molar-refractivity contribution < 1.29 is 18.8 Å². The molecule has 0 N–H and O–H groups in total. The number of hydrogen-bond acceptors (Lipinski definition) is 5. The molecule has 0 saturated carbocycles. The minimum absolute atomic E-state index is 0.00298. The second kappa shape index (κ2) is 8.65. The van der Waals surface area contributed by atoms with Crippen LogP contribution in [0.15, 0.2) is 28.8 Å². The van der Waals surface area contributed by atoms with Crippen LogP contribution in [0.2, 0.25) is 0 Å². The van der Waals surface area contributed by atoms with Crippen molar-refractivity contribution in [2.45, 2.75) is 46.6 Å². The highest BCUT2D eigenvalue weighted by atomic mass is 16.5. The van der Waals surface area contributed by atoms with Crippen molar-refractivity contribution >= 4 is 11.9 Å². The van der Waals surface area contributed by atoms with Crippen LogP contribution >= 0.6 is 0 Å².